The van der Waals surface area contributed by atoms with E-state index in [0.29, 0.717) is 41.8 Å². The molecule has 0 atom stereocenters. The number of aromatic nitrogens is 3. The van der Waals surface area contributed by atoms with E-state index in [1.807, 2.05) is 10.9 Å². The molecule has 152 valence electrons. The maximum Gasteiger partial charge on any atom is 0.321 e. The van der Waals surface area contributed by atoms with Crippen molar-refractivity contribution >= 4 is 33.9 Å². The summed E-state index contributed by atoms with van der Waals surface area (Å²) in [4.78, 5) is 17.8. The molecule has 0 radical (unpaired) electrons. The van der Waals surface area contributed by atoms with E-state index in [0.717, 1.165) is 18.7 Å². The van der Waals surface area contributed by atoms with Gasteiger partial charge in [-0.15, -0.1) is 11.3 Å². The number of ether oxygens (including phenoxy) is 1. The Morgan fingerprint density at radius 3 is 3.07 bits per heavy atom. The fourth-order valence-corrected chi connectivity index (χ4v) is 3.83. The van der Waals surface area contributed by atoms with Gasteiger partial charge in [0.1, 0.15) is 5.82 Å². The molecule has 0 spiro atoms. The third-order valence-corrected chi connectivity index (χ3v) is 5.28. The van der Waals surface area contributed by atoms with Crippen molar-refractivity contribution in [3.63, 3.8) is 0 Å². The summed E-state index contributed by atoms with van der Waals surface area (Å²) in [5.74, 6) is -0.412. The smallest absolute Gasteiger partial charge is 0.321 e. The lowest BCUT2D eigenvalue weighted by atomic mass is 10.1. The van der Waals surface area contributed by atoms with Gasteiger partial charge >= 0.3 is 6.03 Å². The summed E-state index contributed by atoms with van der Waals surface area (Å²) >= 11 is 1.39. The molecular weight excluding hydrogens is 395 g/mol. The number of carbonyl (C=O) groups is 1. The second kappa shape index (κ2) is 8.58. The van der Waals surface area contributed by atoms with Gasteiger partial charge in [-0.25, -0.2) is 14.2 Å². The normalized spacial score (nSPS) is 13.7. The zero-order valence-corrected chi connectivity index (χ0v) is 16.7. The van der Waals surface area contributed by atoms with E-state index in [9.17, 15) is 9.18 Å². The molecular formula is C19H21FN6O2S. The minimum absolute atomic E-state index is 0.208. The lowest BCUT2D eigenvalue weighted by molar-refractivity contribution is 0.189. The van der Waals surface area contributed by atoms with Crippen molar-refractivity contribution in [3.8, 4) is 11.3 Å². The number of aryl methyl sites for hydroxylation is 1. The van der Waals surface area contributed by atoms with E-state index in [1.54, 1.807) is 30.8 Å². The molecule has 0 unspecified atom stereocenters. The molecule has 1 saturated heterocycles. The molecule has 2 aromatic heterocycles. The number of nitrogens with zero attached hydrogens (tertiary/aromatic N) is 4. The zero-order chi connectivity index (χ0) is 20.2. The Morgan fingerprint density at radius 2 is 2.31 bits per heavy atom. The molecule has 2 amide bonds. The highest BCUT2D eigenvalue weighted by Crippen LogP contribution is 2.31. The van der Waals surface area contributed by atoms with Crippen molar-refractivity contribution in [1.82, 2.24) is 20.1 Å². The van der Waals surface area contributed by atoms with Gasteiger partial charge in [-0.3, -0.25) is 9.58 Å². The number of hydrogen-bond donors (Lipinski definition) is 2. The number of thiazole rings is 1. The van der Waals surface area contributed by atoms with E-state index in [4.69, 9.17) is 4.74 Å². The second-order valence-electron chi connectivity index (χ2n) is 6.55. The van der Waals surface area contributed by atoms with Crippen molar-refractivity contribution in [1.29, 1.82) is 0 Å². The maximum atomic E-state index is 14.7. The summed E-state index contributed by atoms with van der Waals surface area (Å²) in [6, 6.07) is 4.56. The number of nitrogens with one attached hydrogen (secondary N) is 2. The lowest BCUT2D eigenvalue weighted by Gasteiger charge is -2.14. The van der Waals surface area contributed by atoms with Crippen LogP contribution in [0.1, 0.15) is 6.42 Å². The lowest BCUT2D eigenvalue weighted by Crippen LogP contribution is -2.27. The monoisotopic (exact) mass is 416 g/mol. The number of benzene rings is 1. The summed E-state index contributed by atoms with van der Waals surface area (Å²) in [7, 11) is 1.68. The van der Waals surface area contributed by atoms with Crippen LogP contribution in [0.4, 0.5) is 25.7 Å². The van der Waals surface area contributed by atoms with Crippen molar-refractivity contribution in [2.75, 3.05) is 37.0 Å². The fraction of sp³-hybridized carbons (Fsp3) is 0.316. The van der Waals surface area contributed by atoms with Crippen molar-refractivity contribution in [2.24, 2.45) is 0 Å². The Kier molecular flexibility index (Phi) is 5.72. The van der Waals surface area contributed by atoms with Gasteiger partial charge in [0.2, 0.25) is 0 Å². The molecule has 1 fully saturated rings. The highest BCUT2D eigenvalue weighted by atomic mass is 32.1. The largest absolute Gasteiger partial charge is 0.385 e. The first-order valence-corrected chi connectivity index (χ1v) is 10.1. The van der Waals surface area contributed by atoms with Crippen molar-refractivity contribution in [2.45, 2.75) is 13.0 Å². The van der Waals surface area contributed by atoms with E-state index >= 15 is 0 Å². The van der Waals surface area contributed by atoms with Gasteiger partial charge in [0.25, 0.3) is 0 Å². The first kappa shape index (κ1) is 19.3. The van der Waals surface area contributed by atoms with Gasteiger partial charge in [-0.05, 0) is 24.6 Å². The van der Waals surface area contributed by atoms with Gasteiger partial charge < -0.3 is 15.4 Å². The van der Waals surface area contributed by atoms with E-state index in [2.05, 4.69) is 20.7 Å². The molecule has 1 aromatic carbocycles. The predicted octanol–water partition coefficient (Wildman–Crippen LogP) is 3.46. The minimum atomic E-state index is -0.412. The summed E-state index contributed by atoms with van der Waals surface area (Å²) in [6.07, 6.45) is 4.50. The molecule has 0 saturated carbocycles. The van der Waals surface area contributed by atoms with Crippen LogP contribution in [0.5, 0.6) is 0 Å². The quantitative estimate of drug-likeness (QED) is 0.550. The van der Waals surface area contributed by atoms with Gasteiger partial charge in [0.15, 0.2) is 5.13 Å². The van der Waals surface area contributed by atoms with E-state index in [1.165, 1.54) is 22.3 Å². The van der Waals surface area contributed by atoms with Crippen LogP contribution in [0.3, 0.4) is 0 Å². The highest BCUT2D eigenvalue weighted by Gasteiger charge is 2.22. The van der Waals surface area contributed by atoms with Gasteiger partial charge in [-0.1, -0.05) is 0 Å². The molecule has 4 rings (SSSR count). The molecule has 10 heteroatoms. The van der Waals surface area contributed by atoms with E-state index in [-0.39, 0.29) is 6.03 Å². The average Bonchev–Trinajstić information content (AvgIpc) is 3.44. The SMILES string of the molecule is COCCCn1cc(Nc2nc(-c3ccc(N4CCNC4=O)cc3F)cs2)cn1. The number of amides is 2. The minimum Gasteiger partial charge on any atom is -0.385 e. The van der Waals surface area contributed by atoms with E-state index < -0.39 is 5.82 Å². The maximum absolute atomic E-state index is 14.7. The first-order valence-electron chi connectivity index (χ1n) is 9.23. The zero-order valence-electron chi connectivity index (χ0n) is 15.9. The fourth-order valence-electron chi connectivity index (χ4n) is 3.10. The molecule has 0 aliphatic carbocycles. The third kappa shape index (κ3) is 4.38. The molecule has 8 nitrogen and oxygen atoms in total. The van der Waals surface area contributed by atoms with Crippen LogP contribution >= 0.6 is 11.3 Å². The van der Waals surface area contributed by atoms with Crippen LogP contribution in [0, 0.1) is 5.82 Å². The summed E-state index contributed by atoms with van der Waals surface area (Å²) in [5.41, 5.74) is 2.29. The Labute approximate surface area is 171 Å². The van der Waals surface area contributed by atoms with Crippen LogP contribution in [0.25, 0.3) is 11.3 Å². The van der Waals surface area contributed by atoms with Crippen LogP contribution in [-0.2, 0) is 11.3 Å². The molecule has 29 heavy (non-hydrogen) atoms. The van der Waals surface area contributed by atoms with Gasteiger partial charge in [0.05, 0.1) is 17.6 Å². The molecule has 3 aromatic rings. The predicted molar refractivity (Wildman–Crippen MR) is 110 cm³/mol. The number of rotatable bonds is 8. The topological polar surface area (TPSA) is 84.3 Å². The van der Waals surface area contributed by atoms with Crippen LogP contribution in [-0.4, -0.2) is 47.6 Å². The summed E-state index contributed by atoms with van der Waals surface area (Å²) in [6.45, 7) is 2.55. The number of carbonyl (C=O) groups excluding carboxylic acids is 1. The Hall–Kier alpha value is -2.98. The number of halogens is 1. The second-order valence-corrected chi connectivity index (χ2v) is 7.41. The Morgan fingerprint density at radius 1 is 1.41 bits per heavy atom. The highest BCUT2D eigenvalue weighted by molar-refractivity contribution is 7.14. The molecule has 3 heterocycles. The van der Waals surface area contributed by atoms with Gasteiger partial charge in [0, 0.05) is 56.2 Å². The number of methoxy groups -OCH3 is 1. The van der Waals surface area contributed by atoms with Crippen molar-refractivity contribution in [3.05, 3.63) is 41.8 Å². The van der Waals surface area contributed by atoms with Crippen molar-refractivity contribution < 1.29 is 13.9 Å². The van der Waals surface area contributed by atoms with Crippen LogP contribution in [0.15, 0.2) is 36.0 Å². The first-order chi connectivity index (χ1) is 14.1. The Bertz CT molecular complexity index is 1000. The molecule has 2 N–H and O–H groups in total. The van der Waals surface area contributed by atoms with Crippen LogP contribution in [0.2, 0.25) is 0 Å². The number of urea groups is 1. The Balaban J connectivity index is 1.44. The number of hydrogen-bond acceptors (Lipinski definition) is 6. The third-order valence-electron chi connectivity index (χ3n) is 4.52. The number of anilines is 3. The van der Waals surface area contributed by atoms with Gasteiger partial charge in [-0.2, -0.15) is 5.10 Å². The molecule has 1 aliphatic rings. The standard InChI is InChI=1S/C19H21FN6O2S/c1-28-8-2-6-25-11-13(10-22-25)23-18-24-17(12-29-18)15-4-3-14(9-16(15)20)26-7-5-21-19(26)27/h3-4,9-12H,2,5-8H2,1H3,(H,21,27)(H,23,24). The average molecular weight is 416 g/mol. The summed E-state index contributed by atoms with van der Waals surface area (Å²) in [5, 5.41) is 12.6. The molecule has 1 aliphatic heterocycles. The van der Waals surface area contributed by atoms with Crippen LogP contribution < -0.4 is 15.5 Å². The molecule has 0 bridgehead atoms. The summed E-state index contributed by atoms with van der Waals surface area (Å²) < 4.78 is 21.5.